The van der Waals surface area contributed by atoms with Crippen LogP contribution in [0.4, 0.5) is 4.79 Å². The predicted octanol–water partition coefficient (Wildman–Crippen LogP) is 1.68. The van der Waals surface area contributed by atoms with E-state index in [0.29, 0.717) is 19.6 Å². The van der Waals surface area contributed by atoms with Crippen molar-refractivity contribution in [3.63, 3.8) is 0 Å². The highest BCUT2D eigenvalue weighted by molar-refractivity contribution is 14.0. The fraction of sp³-hybridized carbons (Fsp3) is 0.688. The maximum absolute atomic E-state index is 11.9. The van der Waals surface area contributed by atoms with Crippen molar-refractivity contribution in [1.82, 2.24) is 25.3 Å². The van der Waals surface area contributed by atoms with E-state index in [1.807, 2.05) is 44.6 Å². The summed E-state index contributed by atoms with van der Waals surface area (Å²) in [7, 11) is 0. The minimum Gasteiger partial charge on any atom is -0.444 e. The molecule has 1 aliphatic heterocycles. The molecule has 142 valence electrons. The SMILES string of the molecule is CCNC(=NCCn1cccn1)NC1CN(C(=O)OC(C)(C)C)C1.I. The van der Waals surface area contributed by atoms with Crippen molar-refractivity contribution in [2.24, 2.45) is 4.99 Å². The van der Waals surface area contributed by atoms with Crippen LogP contribution >= 0.6 is 24.0 Å². The Bertz CT molecular complexity index is 549. The Labute approximate surface area is 166 Å². The van der Waals surface area contributed by atoms with Gasteiger partial charge in [0.2, 0.25) is 0 Å². The number of amides is 1. The summed E-state index contributed by atoms with van der Waals surface area (Å²) < 4.78 is 7.20. The smallest absolute Gasteiger partial charge is 0.410 e. The summed E-state index contributed by atoms with van der Waals surface area (Å²) in [6.07, 6.45) is 3.41. The summed E-state index contributed by atoms with van der Waals surface area (Å²) in [5.41, 5.74) is -0.460. The van der Waals surface area contributed by atoms with Gasteiger partial charge >= 0.3 is 6.09 Å². The first-order chi connectivity index (χ1) is 11.4. The van der Waals surface area contributed by atoms with E-state index in [-0.39, 0.29) is 36.1 Å². The van der Waals surface area contributed by atoms with E-state index in [0.717, 1.165) is 19.0 Å². The lowest BCUT2D eigenvalue weighted by atomic mass is 10.1. The van der Waals surface area contributed by atoms with Crippen LogP contribution in [-0.4, -0.2) is 64.6 Å². The highest BCUT2D eigenvalue weighted by atomic mass is 127. The van der Waals surface area contributed by atoms with Crippen molar-refractivity contribution < 1.29 is 9.53 Å². The van der Waals surface area contributed by atoms with Gasteiger partial charge in [-0.25, -0.2) is 4.79 Å². The maximum atomic E-state index is 11.9. The molecular weight excluding hydrogens is 435 g/mol. The molecule has 9 heteroatoms. The quantitative estimate of drug-likeness (QED) is 0.394. The highest BCUT2D eigenvalue weighted by Gasteiger charge is 2.34. The number of aliphatic imine (C=N–C) groups is 1. The first kappa shape index (κ1) is 21.5. The molecule has 0 spiro atoms. The molecule has 1 aromatic heterocycles. The number of rotatable bonds is 5. The average molecular weight is 464 g/mol. The van der Waals surface area contributed by atoms with Crippen molar-refractivity contribution in [3.8, 4) is 0 Å². The second-order valence-corrected chi connectivity index (χ2v) is 6.76. The van der Waals surface area contributed by atoms with Crippen molar-refractivity contribution in [3.05, 3.63) is 18.5 Å². The standard InChI is InChI=1S/C16H28N6O2.HI/c1-5-17-14(18-8-10-22-9-6-7-19-22)20-13-11-21(12-13)15(23)24-16(2,3)4;/h6-7,9,13H,5,8,10-12H2,1-4H3,(H2,17,18,20);1H. The van der Waals surface area contributed by atoms with Gasteiger partial charge in [0.1, 0.15) is 5.60 Å². The van der Waals surface area contributed by atoms with E-state index in [2.05, 4.69) is 20.7 Å². The van der Waals surface area contributed by atoms with Gasteiger partial charge < -0.3 is 20.3 Å². The van der Waals surface area contributed by atoms with E-state index >= 15 is 0 Å². The van der Waals surface area contributed by atoms with Crippen LogP contribution in [0.25, 0.3) is 0 Å². The largest absolute Gasteiger partial charge is 0.444 e. The van der Waals surface area contributed by atoms with Crippen LogP contribution in [0.15, 0.2) is 23.5 Å². The van der Waals surface area contributed by atoms with E-state index in [1.165, 1.54) is 0 Å². The van der Waals surface area contributed by atoms with E-state index in [4.69, 9.17) is 4.74 Å². The van der Waals surface area contributed by atoms with Crippen molar-refractivity contribution in [2.45, 2.75) is 45.9 Å². The van der Waals surface area contributed by atoms with Crippen LogP contribution in [0.3, 0.4) is 0 Å². The van der Waals surface area contributed by atoms with Crippen LogP contribution < -0.4 is 10.6 Å². The normalized spacial score (nSPS) is 15.2. The number of aromatic nitrogens is 2. The fourth-order valence-corrected chi connectivity index (χ4v) is 2.26. The molecule has 1 fully saturated rings. The lowest BCUT2D eigenvalue weighted by Crippen LogP contribution is -2.63. The number of likely N-dealkylation sites (tertiary alicyclic amines) is 1. The van der Waals surface area contributed by atoms with Crippen molar-refractivity contribution in [1.29, 1.82) is 0 Å². The summed E-state index contributed by atoms with van der Waals surface area (Å²) >= 11 is 0. The van der Waals surface area contributed by atoms with E-state index < -0.39 is 5.60 Å². The third-order valence-electron chi connectivity index (χ3n) is 3.38. The molecule has 2 N–H and O–H groups in total. The summed E-state index contributed by atoms with van der Waals surface area (Å²) in [4.78, 5) is 18.2. The van der Waals surface area contributed by atoms with Crippen LogP contribution in [0, 0.1) is 0 Å². The Morgan fingerprint density at radius 2 is 2.12 bits per heavy atom. The van der Waals surface area contributed by atoms with E-state index in [9.17, 15) is 4.79 Å². The van der Waals surface area contributed by atoms with Gasteiger partial charge in [0.25, 0.3) is 0 Å². The highest BCUT2D eigenvalue weighted by Crippen LogP contribution is 2.15. The number of halogens is 1. The molecule has 0 aromatic carbocycles. The summed E-state index contributed by atoms with van der Waals surface area (Å²) in [5.74, 6) is 0.762. The lowest BCUT2D eigenvalue weighted by molar-refractivity contribution is 0.00701. The second-order valence-electron chi connectivity index (χ2n) is 6.76. The zero-order valence-electron chi connectivity index (χ0n) is 15.4. The number of carbonyl (C=O) groups excluding carboxylic acids is 1. The van der Waals surface area contributed by atoms with Gasteiger partial charge in [0.15, 0.2) is 5.96 Å². The van der Waals surface area contributed by atoms with Gasteiger partial charge in [-0.15, -0.1) is 24.0 Å². The molecule has 25 heavy (non-hydrogen) atoms. The van der Waals surface area contributed by atoms with Gasteiger partial charge in [-0.05, 0) is 33.8 Å². The Morgan fingerprint density at radius 3 is 2.68 bits per heavy atom. The lowest BCUT2D eigenvalue weighted by Gasteiger charge is -2.40. The minimum atomic E-state index is -0.460. The molecule has 0 unspecified atom stereocenters. The van der Waals surface area contributed by atoms with Crippen molar-refractivity contribution >= 4 is 36.0 Å². The number of ether oxygens (including phenoxy) is 1. The average Bonchev–Trinajstić information content (AvgIpc) is 2.93. The molecular formula is C16H29IN6O2. The van der Waals surface area contributed by atoms with Gasteiger partial charge in [0, 0.05) is 32.0 Å². The molecule has 1 aliphatic rings. The predicted molar refractivity (Wildman–Crippen MR) is 108 cm³/mol. The minimum absolute atomic E-state index is 0. The topological polar surface area (TPSA) is 83.8 Å². The van der Waals surface area contributed by atoms with Gasteiger partial charge in [-0.1, -0.05) is 0 Å². The Kier molecular flexibility index (Phi) is 8.46. The molecule has 8 nitrogen and oxygen atoms in total. The molecule has 0 radical (unpaired) electrons. The monoisotopic (exact) mass is 464 g/mol. The first-order valence-corrected chi connectivity index (χ1v) is 8.37. The third kappa shape index (κ3) is 7.49. The zero-order valence-corrected chi connectivity index (χ0v) is 17.7. The number of nitrogens with one attached hydrogen (secondary N) is 2. The van der Waals surface area contributed by atoms with Gasteiger partial charge in [-0.3, -0.25) is 9.67 Å². The summed E-state index contributed by atoms with van der Waals surface area (Å²) in [5, 5.41) is 10.7. The Balaban J connectivity index is 0.00000312. The number of carbonyl (C=O) groups is 1. The van der Waals surface area contributed by atoms with Crippen LogP contribution in [0.5, 0.6) is 0 Å². The number of hydrogen-bond donors (Lipinski definition) is 2. The first-order valence-electron chi connectivity index (χ1n) is 8.37. The molecule has 1 aromatic rings. The summed E-state index contributed by atoms with van der Waals surface area (Å²) in [6, 6.07) is 2.09. The molecule has 0 aliphatic carbocycles. The molecule has 1 saturated heterocycles. The van der Waals surface area contributed by atoms with Crippen molar-refractivity contribution in [2.75, 3.05) is 26.2 Å². The van der Waals surface area contributed by atoms with Gasteiger partial charge in [-0.2, -0.15) is 5.10 Å². The molecule has 2 heterocycles. The second kappa shape index (κ2) is 9.83. The Morgan fingerprint density at radius 1 is 1.40 bits per heavy atom. The molecule has 0 bridgehead atoms. The van der Waals surface area contributed by atoms with Crippen LogP contribution in [-0.2, 0) is 11.3 Å². The van der Waals surface area contributed by atoms with Gasteiger partial charge in [0.05, 0.1) is 19.1 Å². The number of hydrogen-bond acceptors (Lipinski definition) is 4. The fourth-order valence-electron chi connectivity index (χ4n) is 2.26. The maximum Gasteiger partial charge on any atom is 0.410 e. The Hall–Kier alpha value is -1.52. The number of guanidine groups is 1. The molecule has 0 atom stereocenters. The number of nitrogens with zero attached hydrogens (tertiary/aromatic N) is 4. The summed E-state index contributed by atoms with van der Waals surface area (Å²) in [6.45, 7) is 11.0. The van der Waals surface area contributed by atoms with E-state index in [1.54, 1.807) is 11.1 Å². The zero-order chi connectivity index (χ0) is 17.6. The third-order valence-corrected chi connectivity index (χ3v) is 3.38. The van der Waals surface area contributed by atoms with Crippen LogP contribution in [0.1, 0.15) is 27.7 Å². The molecule has 0 saturated carbocycles. The molecule has 2 rings (SSSR count). The molecule has 1 amide bonds. The van der Waals surface area contributed by atoms with Crippen LogP contribution in [0.2, 0.25) is 0 Å².